The van der Waals surface area contributed by atoms with Gasteiger partial charge in [0.05, 0.1) is 34.9 Å². The van der Waals surface area contributed by atoms with Crippen LogP contribution in [0.1, 0.15) is 33.5 Å². The first-order chi connectivity index (χ1) is 21.2. The van der Waals surface area contributed by atoms with E-state index in [1.54, 1.807) is 23.1 Å². The standard InChI is InChI=1S/C31H29FN4O6S2/c32-22-6-10-24(11-7-22)44(40,41)28(29(38)33-18-27(37)34-23-8-9-23)30-35-25-12-5-21(17-26(25)43-30)19-1-3-20(4-2-19)31(39)36-13-15-42-16-14-36/h1-7,10-12,17,23,28H,8-9,13-16,18H2,(H,33,38)(H,34,37). The third kappa shape index (κ3) is 6.49. The van der Waals surface area contributed by atoms with Gasteiger partial charge in [-0.2, -0.15) is 0 Å². The lowest BCUT2D eigenvalue weighted by molar-refractivity contribution is -0.126. The second kappa shape index (κ2) is 12.4. The van der Waals surface area contributed by atoms with Crippen molar-refractivity contribution in [3.63, 3.8) is 0 Å². The van der Waals surface area contributed by atoms with Crippen molar-refractivity contribution < 1.29 is 31.9 Å². The monoisotopic (exact) mass is 636 g/mol. The highest BCUT2D eigenvalue weighted by molar-refractivity contribution is 7.92. The number of halogens is 1. The summed E-state index contributed by atoms with van der Waals surface area (Å²) < 4.78 is 47.0. The molecule has 1 atom stereocenters. The van der Waals surface area contributed by atoms with E-state index < -0.39 is 32.7 Å². The lowest BCUT2D eigenvalue weighted by Crippen LogP contribution is -2.41. The zero-order valence-electron chi connectivity index (χ0n) is 23.5. The topological polar surface area (TPSA) is 135 Å². The van der Waals surface area contributed by atoms with E-state index in [-0.39, 0.29) is 28.4 Å². The van der Waals surface area contributed by atoms with Gasteiger partial charge in [0.25, 0.3) is 5.91 Å². The minimum absolute atomic E-state index is 0.0213. The number of morpholine rings is 1. The molecule has 1 unspecified atom stereocenters. The number of sulfone groups is 1. The van der Waals surface area contributed by atoms with Crippen molar-refractivity contribution in [2.45, 2.75) is 29.0 Å². The lowest BCUT2D eigenvalue weighted by atomic mass is 10.0. The van der Waals surface area contributed by atoms with E-state index in [1.807, 2.05) is 24.3 Å². The smallest absolute Gasteiger partial charge is 0.254 e. The van der Waals surface area contributed by atoms with Crippen LogP contribution < -0.4 is 10.6 Å². The van der Waals surface area contributed by atoms with Gasteiger partial charge in [0.15, 0.2) is 15.1 Å². The lowest BCUT2D eigenvalue weighted by Gasteiger charge is -2.26. The van der Waals surface area contributed by atoms with E-state index in [9.17, 15) is 27.2 Å². The Morgan fingerprint density at radius 2 is 1.66 bits per heavy atom. The van der Waals surface area contributed by atoms with Gasteiger partial charge in [0, 0.05) is 24.7 Å². The molecule has 4 aromatic rings. The maximum atomic E-state index is 13.7. The number of carbonyl (C=O) groups is 3. The highest BCUT2D eigenvalue weighted by Crippen LogP contribution is 2.36. The summed E-state index contributed by atoms with van der Waals surface area (Å²) >= 11 is 1.05. The summed E-state index contributed by atoms with van der Waals surface area (Å²) in [6, 6.07) is 16.9. The van der Waals surface area contributed by atoms with Gasteiger partial charge < -0.3 is 20.3 Å². The first-order valence-electron chi connectivity index (χ1n) is 14.1. The van der Waals surface area contributed by atoms with Crippen molar-refractivity contribution in [3.8, 4) is 11.1 Å². The Morgan fingerprint density at radius 1 is 0.977 bits per heavy atom. The normalized spacial score (nSPS) is 16.0. The van der Waals surface area contributed by atoms with Crippen molar-refractivity contribution >= 4 is 49.1 Å². The maximum Gasteiger partial charge on any atom is 0.254 e. The Morgan fingerprint density at radius 3 is 2.34 bits per heavy atom. The van der Waals surface area contributed by atoms with Gasteiger partial charge in [-0.1, -0.05) is 18.2 Å². The van der Waals surface area contributed by atoms with Gasteiger partial charge >= 0.3 is 0 Å². The molecule has 6 rings (SSSR count). The van der Waals surface area contributed by atoms with E-state index >= 15 is 0 Å². The van der Waals surface area contributed by atoms with Crippen LogP contribution in [0.3, 0.4) is 0 Å². The molecule has 1 saturated heterocycles. The molecule has 228 valence electrons. The molecular weight excluding hydrogens is 607 g/mol. The molecule has 0 radical (unpaired) electrons. The third-order valence-corrected chi connectivity index (χ3v) is 10.7. The van der Waals surface area contributed by atoms with Crippen LogP contribution in [0.2, 0.25) is 0 Å². The van der Waals surface area contributed by atoms with Gasteiger partial charge in [-0.15, -0.1) is 11.3 Å². The molecule has 0 spiro atoms. The summed E-state index contributed by atoms with van der Waals surface area (Å²) in [5.41, 5.74) is 2.72. The summed E-state index contributed by atoms with van der Waals surface area (Å²) in [6.45, 7) is 1.75. The number of rotatable bonds is 9. The molecule has 3 amide bonds. The predicted octanol–water partition coefficient (Wildman–Crippen LogP) is 3.48. The van der Waals surface area contributed by atoms with Crippen LogP contribution in [0.5, 0.6) is 0 Å². The van der Waals surface area contributed by atoms with Crippen molar-refractivity contribution in [3.05, 3.63) is 83.1 Å². The first kappa shape index (κ1) is 29.9. The molecule has 44 heavy (non-hydrogen) atoms. The van der Waals surface area contributed by atoms with Gasteiger partial charge in [0.2, 0.25) is 11.8 Å². The number of hydrogen-bond donors (Lipinski definition) is 2. The second-order valence-electron chi connectivity index (χ2n) is 10.7. The largest absolute Gasteiger partial charge is 0.378 e. The predicted molar refractivity (Wildman–Crippen MR) is 162 cm³/mol. The van der Waals surface area contributed by atoms with Crippen LogP contribution in [-0.2, 0) is 24.2 Å². The van der Waals surface area contributed by atoms with Gasteiger partial charge in [-0.05, 0) is 72.5 Å². The van der Waals surface area contributed by atoms with E-state index in [2.05, 4.69) is 15.6 Å². The molecule has 2 fully saturated rings. The number of aromatic nitrogens is 1. The van der Waals surface area contributed by atoms with Crippen LogP contribution in [0, 0.1) is 5.82 Å². The molecule has 2 aliphatic rings. The minimum Gasteiger partial charge on any atom is -0.378 e. The Balaban J connectivity index is 1.28. The molecule has 1 aliphatic carbocycles. The summed E-state index contributed by atoms with van der Waals surface area (Å²) in [5.74, 6) is -1.99. The first-order valence-corrected chi connectivity index (χ1v) is 16.5. The fourth-order valence-electron chi connectivity index (χ4n) is 4.90. The average Bonchev–Trinajstić information content (AvgIpc) is 3.75. The average molecular weight is 637 g/mol. The van der Waals surface area contributed by atoms with Crippen LogP contribution in [0.15, 0.2) is 71.6 Å². The maximum absolute atomic E-state index is 13.7. The molecular formula is C31H29FN4O6S2. The zero-order valence-corrected chi connectivity index (χ0v) is 25.1. The van der Waals surface area contributed by atoms with Crippen molar-refractivity contribution in [2.75, 3.05) is 32.8 Å². The molecule has 1 saturated carbocycles. The number of benzene rings is 3. The van der Waals surface area contributed by atoms with E-state index in [0.29, 0.717) is 42.1 Å². The number of hydrogen-bond acceptors (Lipinski definition) is 8. The zero-order chi connectivity index (χ0) is 30.8. The Kier molecular flexibility index (Phi) is 8.43. The summed E-state index contributed by atoms with van der Waals surface area (Å²) in [4.78, 5) is 44.4. The fourth-order valence-corrected chi connectivity index (χ4v) is 7.88. The number of nitrogens with zero attached hydrogens (tertiary/aromatic N) is 2. The summed E-state index contributed by atoms with van der Waals surface area (Å²) in [6.07, 6.45) is 1.73. The van der Waals surface area contributed by atoms with Crippen LogP contribution in [0.25, 0.3) is 21.3 Å². The van der Waals surface area contributed by atoms with E-state index in [1.165, 1.54) is 0 Å². The summed E-state index contributed by atoms with van der Waals surface area (Å²) in [5, 5.41) is 3.46. The Labute approximate surface area is 257 Å². The molecule has 3 aromatic carbocycles. The molecule has 0 bridgehead atoms. The number of thiazole rings is 1. The van der Waals surface area contributed by atoms with E-state index in [0.717, 1.165) is 59.6 Å². The molecule has 1 aromatic heterocycles. The number of fused-ring (bicyclic) bond motifs is 1. The second-order valence-corrected chi connectivity index (χ2v) is 13.8. The third-order valence-electron chi connectivity index (χ3n) is 7.45. The Hall–Kier alpha value is -4.20. The van der Waals surface area contributed by atoms with Gasteiger partial charge in [-0.25, -0.2) is 17.8 Å². The van der Waals surface area contributed by atoms with Crippen LogP contribution in [-0.4, -0.2) is 74.9 Å². The van der Waals surface area contributed by atoms with Crippen LogP contribution in [0.4, 0.5) is 4.39 Å². The molecule has 10 nitrogen and oxygen atoms in total. The van der Waals surface area contributed by atoms with Crippen molar-refractivity contribution in [1.29, 1.82) is 0 Å². The highest BCUT2D eigenvalue weighted by atomic mass is 32.2. The number of ether oxygens (including phenoxy) is 1. The Bertz CT molecular complexity index is 1820. The summed E-state index contributed by atoms with van der Waals surface area (Å²) in [7, 11) is -4.37. The molecule has 2 heterocycles. The van der Waals surface area contributed by atoms with Gasteiger partial charge in [-0.3, -0.25) is 14.4 Å². The highest BCUT2D eigenvalue weighted by Gasteiger charge is 2.38. The van der Waals surface area contributed by atoms with Crippen molar-refractivity contribution in [1.82, 2.24) is 20.5 Å². The van der Waals surface area contributed by atoms with E-state index in [4.69, 9.17) is 4.74 Å². The fraction of sp³-hybridized carbons (Fsp3) is 0.290. The number of amides is 3. The van der Waals surface area contributed by atoms with Crippen molar-refractivity contribution in [2.24, 2.45) is 0 Å². The number of nitrogens with one attached hydrogen (secondary N) is 2. The molecule has 1 aliphatic heterocycles. The molecule has 2 N–H and O–H groups in total. The molecule has 13 heteroatoms. The van der Waals surface area contributed by atoms with Crippen LogP contribution >= 0.6 is 11.3 Å². The quantitative estimate of drug-likeness (QED) is 0.269. The number of carbonyl (C=O) groups excluding carboxylic acids is 3. The SMILES string of the molecule is O=C(CNC(=O)C(c1nc2ccc(-c3ccc(C(=O)N4CCOCC4)cc3)cc2s1)S(=O)(=O)c1ccc(F)cc1)NC1CC1. The van der Waals surface area contributed by atoms with Gasteiger partial charge in [0.1, 0.15) is 10.8 Å². The minimum atomic E-state index is -4.37.